The fourth-order valence-electron chi connectivity index (χ4n) is 1.44. The Balaban J connectivity index is 2.58. The molecule has 1 aromatic heterocycles. The van der Waals surface area contributed by atoms with E-state index >= 15 is 0 Å². The monoisotopic (exact) mass is 209 g/mol. The summed E-state index contributed by atoms with van der Waals surface area (Å²) < 4.78 is 31.4. The van der Waals surface area contributed by atoms with Crippen LogP contribution in [0.5, 0.6) is 0 Å². The molecule has 2 rings (SSSR count). The molecule has 0 aliphatic rings. The molecule has 0 saturated heterocycles. The normalized spacial score (nSPS) is 10.6. The molecule has 0 bridgehead atoms. The summed E-state index contributed by atoms with van der Waals surface area (Å²) in [5.74, 6) is -0.539. The van der Waals surface area contributed by atoms with Crippen LogP contribution in [0.4, 0.5) is 8.78 Å². The molecule has 4 heteroatoms. The maximum atomic E-state index is 13.4. The van der Waals surface area contributed by atoms with Crippen molar-refractivity contribution in [2.75, 3.05) is 0 Å². The van der Waals surface area contributed by atoms with E-state index in [1.54, 1.807) is 6.07 Å². The summed E-state index contributed by atoms with van der Waals surface area (Å²) in [6, 6.07) is 4.85. The molecule has 15 heavy (non-hydrogen) atoms. The van der Waals surface area contributed by atoms with E-state index in [0.717, 1.165) is 18.2 Å². The largest absolute Gasteiger partial charge is 0.467 e. The average Bonchev–Trinajstić information content (AvgIpc) is 2.69. The lowest BCUT2D eigenvalue weighted by Crippen LogP contribution is -1.97. The van der Waals surface area contributed by atoms with Crippen LogP contribution in [0.3, 0.4) is 0 Å². The van der Waals surface area contributed by atoms with Crippen LogP contribution in [-0.4, -0.2) is 0 Å². The number of hydrogen-bond donors (Lipinski definition) is 1. The number of benzene rings is 1. The molecule has 2 aromatic rings. The van der Waals surface area contributed by atoms with Crippen molar-refractivity contribution in [3.8, 4) is 11.1 Å². The van der Waals surface area contributed by atoms with Gasteiger partial charge in [-0.2, -0.15) is 0 Å². The molecular weight excluding hydrogens is 200 g/mol. The van der Waals surface area contributed by atoms with Gasteiger partial charge in [-0.15, -0.1) is 0 Å². The topological polar surface area (TPSA) is 39.2 Å². The van der Waals surface area contributed by atoms with E-state index in [2.05, 4.69) is 0 Å². The van der Waals surface area contributed by atoms with E-state index in [-0.39, 0.29) is 12.1 Å². The minimum Gasteiger partial charge on any atom is -0.467 e. The smallest absolute Gasteiger partial charge is 0.131 e. The zero-order valence-corrected chi connectivity index (χ0v) is 7.84. The zero-order chi connectivity index (χ0) is 10.8. The van der Waals surface area contributed by atoms with Gasteiger partial charge in [0.1, 0.15) is 17.4 Å². The molecule has 0 aliphatic heterocycles. The first-order valence-corrected chi connectivity index (χ1v) is 4.44. The first kappa shape index (κ1) is 9.86. The minimum atomic E-state index is -0.493. The Bertz CT molecular complexity index is 479. The summed E-state index contributed by atoms with van der Waals surface area (Å²) in [6.07, 6.45) is 1.40. The van der Waals surface area contributed by atoms with E-state index in [1.165, 1.54) is 6.26 Å². The molecule has 0 unspecified atom stereocenters. The van der Waals surface area contributed by atoms with Crippen molar-refractivity contribution in [3.05, 3.63) is 47.9 Å². The van der Waals surface area contributed by atoms with E-state index < -0.39 is 11.6 Å². The Morgan fingerprint density at radius 3 is 2.67 bits per heavy atom. The van der Waals surface area contributed by atoms with Gasteiger partial charge in [0, 0.05) is 11.1 Å². The maximum Gasteiger partial charge on any atom is 0.131 e. The SMILES string of the molecule is NCc1occc1-c1cc(F)ccc1F. The van der Waals surface area contributed by atoms with Gasteiger partial charge < -0.3 is 10.2 Å². The first-order chi connectivity index (χ1) is 7.22. The third-order valence-corrected chi connectivity index (χ3v) is 2.15. The second-order valence-electron chi connectivity index (χ2n) is 3.09. The van der Waals surface area contributed by atoms with Crippen molar-refractivity contribution in [3.63, 3.8) is 0 Å². The van der Waals surface area contributed by atoms with Gasteiger partial charge in [0.15, 0.2) is 0 Å². The van der Waals surface area contributed by atoms with E-state index in [9.17, 15) is 8.78 Å². The molecule has 78 valence electrons. The van der Waals surface area contributed by atoms with Gasteiger partial charge >= 0.3 is 0 Å². The van der Waals surface area contributed by atoms with Crippen molar-refractivity contribution in [2.24, 2.45) is 5.73 Å². The van der Waals surface area contributed by atoms with E-state index in [4.69, 9.17) is 10.2 Å². The number of halogens is 2. The van der Waals surface area contributed by atoms with Gasteiger partial charge in [0.05, 0.1) is 12.8 Å². The third kappa shape index (κ3) is 1.76. The van der Waals surface area contributed by atoms with Crippen molar-refractivity contribution < 1.29 is 13.2 Å². The summed E-state index contributed by atoms with van der Waals surface area (Å²) >= 11 is 0. The summed E-state index contributed by atoms with van der Waals surface area (Å²) in [5.41, 5.74) is 6.08. The predicted octanol–water partition coefficient (Wildman–Crippen LogP) is 2.68. The number of rotatable bonds is 2. The van der Waals surface area contributed by atoms with Crippen LogP contribution >= 0.6 is 0 Å². The lowest BCUT2D eigenvalue weighted by atomic mass is 10.1. The van der Waals surface area contributed by atoms with Gasteiger partial charge in [-0.1, -0.05) is 0 Å². The molecule has 0 spiro atoms. The summed E-state index contributed by atoms with van der Waals surface area (Å²) in [6.45, 7) is 0.151. The first-order valence-electron chi connectivity index (χ1n) is 4.44. The molecule has 1 heterocycles. The highest BCUT2D eigenvalue weighted by atomic mass is 19.1. The van der Waals surface area contributed by atoms with Crippen LogP contribution < -0.4 is 5.73 Å². The lowest BCUT2D eigenvalue weighted by Gasteiger charge is -2.02. The van der Waals surface area contributed by atoms with Crippen molar-refractivity contribution in [1.82, 2.24) is 0 Å². The molecule has 0 atom stereocenters. The van der Waals surface area contributed by atoms with Crippen molar-refractivity contribution in [1.29, 1.82) is 0 Å². The molecule has 0 fully saturated rings. The Hall–Kier alpha value is -1.68. The Labute approximate surface area is 85.3 Å². The van der Waals surface area contributed by atoms with E-state index in [0.29, 0.717) is 11.3 Å². The predicted molar refractivity (Wildman–Crippen MR) is 52.0 cm³/mol. The van der Waals surface area contributed by atoms with Crippen LogP contribution in [0.25, 0.3) is 11.1 Å². The molecule has 1 aromatic carbocycles. The van der Waals surface area contributed by atoms with Crippen molar-refractivity contribution >= 4 is 0 Å². The van der Waals surface area contributed by atoms with Gasteiger partial charge in [-0.3, -0.25) is 0 Å². The minimum absolute atomic E-state index is 0.151. The standard InChI is InChI=1S/C11H9F2NO/c12-7-1-2-10(13)9(5-7)8-3-4-15-11(8)6-14/h1-5H,6,14H2. The number of furan rings is 1. The third-order valence-electron chi connectivity index (χ3n) is 2.15. The number of nitrogens with two attached hydrogens (primary N) is 1. The Morgan fingerprint density at radius 1 is 1.13 bits per heavy atom. The molecule has 0 aliphatic carbocycles. The fourth-order valence-corrected chi connectivity index (χ4v) is 1.44. The average molecular weight is 209 g/mol. The molecule has 0 amide bonds. The Morgan fingerprint density at radius 2 is 1.93 bits per heavy atom. The zero-order valence-electron chi connectivity index (χ0n) is 7.84. The van der Waals surface area contributed by atoms with Crippen LogP contribution in [-0.2, 0) is 6.54 Å². The molecule has 0 radical (unpaired) electrons. The summed E-state index contributed by atoms with van der Waals surface area (Å²) in [4.78, 5) is 0. The van der Waals surface area contributed by atoms with Crippen LogP contribution in [0, 0.1) is 11.6 Å². The van der Waals surface area contributed by atoms with Crippen LogP contribution in [0.2, 0.25) is 0 Å². The Kier molecular flexibility index (Phi) is 2.51. The van der Waals surface area contributed by atoms with Crippen LogP contribution in [0.1, 0.15) is 5.76 Å². The molecule has 2 N–H and O–H groups in total. The lowest BCUT2D eigenvalue weighted by molar-refractivity contribution is 0.513. The van der Waals surface area contributed by atoms with Gasteiger partial charge in [-0.05, 0) is 24.3 Å². The highest BCUT2D eigenvalue weighted by Gasteiger charge is 2.12. The quantitative estimate of drug-likeness (QED) is 0.825. The molecular formula is C11H9F2NO. The fraction of sp³-hybridized carbons (Fsp3) is 0.0909. The highest BCUT2D eigenvalue weighted by Crippen LogP contribution is 2.27. The molecule has 2 nitrogen and oxygen atoms in total. The number of hydrogen-bond acceptors (Lipinski definition) is 2. The summed E-state index contributed by atoms with van der Waals surface area (Å²) in [5, 5.41) is 0. The van der Waals surface area contributed by atoms with E-state index in [1.807, 2.05) is 0 Å². The van der Waals surface area contributed by atoms with Gasteiger partial charge in [0.25, 0.3) is 0 Å². The summed E-state index contributed by atoms with van der Waals surface area (Å²) in [7, 11) is 0. The van der Waals surface area contributed by atoms with Gasteiger partial charge in [-0.25, -0.2) is 8.78 Å². The maximum absolute atomic E-state index is 13.4. The highest BCUT2D eigenvalue weighted by molar-refractivity contribution is 5.66. The van der Waals surface area contributed by atoms with Crippen molar-refractivity contribution in [2.45, 2.75) is 6.54 Å². The molecule has 0 saturated carbocycles. The van der Waals surface area contributed by atoms with Gasteiger partial charge in [0.2, 0.25) is 0 Å². The second-order valence-corrected chi connectivity index (χ2v) is 3.09. The van der Waals surface area contributed by atoms with Crippen LogP contribution in [0.15, 0.2) is 34.9 Å². The second kappa shape index (κ2) is 3.82.